The molecule has 0 radical (unpaired) electrons. The summed E-state index contributed by atoms with van der Waals surface area (Å²) in [7, 11) is 0. The molecule has 0 spiro atoms. The fourth-order valence-electron chi connectivity index (χ4n) is 6.13. The molecular weight excluding hydrogens is 678 g/mol. The average Bonchev–Trinajstić information content (AvgIpc) is 3.42. The summed E-state index contributed by atoms with van der Waals surface area (Å²) in [5.74, 6) is 1.18. The van der Waals surface area contributed by atoms with Crippen molar-refractivity contribution >= 4 is 40.6 Å². The Morgan fingerprint density at radius 3 is 2.43 bits per heavy atom. The van der Waals surface area contributed by atoms with Gasteiger partial charge in [0.05, 0.1) is 28.5 Å². The molecule has 260 valence electrons. The fraction of sp³-hybridized carbons (Fsp3) is 0.214. The third-order valence-corrected chi connectivity index (χ3v) is 10.0. The maximum atomic E-state index is 14.4. The van der Waals surface area contributed by atoms with E-state index in [9.17, 15) is 9.59 Å². The Morgan fingerprint density at radius 1 is 1.02 bits per heavy atom. The second-order valence-electron chi connectivity index (χ2n) is 12.5. The molecule has 9 heteroatoms. The number of benzene rings is 4. The summed E-state index contributed by atoms with van der Waals surface area (Å²) >= 11 is 7.70. The number of halogens is 1. The number of fused-ring (bicyclic) bond motifs is 1. The summed E-state index contributed by atoms with van der Waals surface area (Å²) in [5, 5.41) is 3.64. The Balaban J connectivity index is 1.45. The molecule has 0 aliphatic carbocycles. The normalized spacial score (nSPS) is 14.2. The van der Waals surface area contributed by atoms with Crippen LogP contribution in [0, 0.1) is 0 Å². The Labute approximate surface area is 306 Å². The van der Waals surface area contributed by atoms with Gasteiger partial charge in [0.25, 0.3) is 11.5 Å². The highest BCUT2D eigenvalue weighted by atomic mass is 35.5. The van der Waals surface area contributed by atoms with Crippen LogP contribution in [0.25, 0.3) is 6.08 Å². The summed E-state index contributed by atoms with van der Waals surface area (Å²) in [6, 6.07) is 28.2. The van der Waals surface area contributed by atoms with Gasteiger partial charge in [-0.2, -0.15) is 0 Å². The maximum Gasteiger partial charge on any atom is 0.271 e. The smallest absolute Gasteiger partial charge is 0.271 e. The third kappa shape index (κ3) is 7.77. The van der Waals surface area contributed by atoms with E-state index >= 15 is 0 Å². The number of amides is 1. The van der Waals surface area contributed by atoms with Crippen molar-refractivity contribution in [2.24, 2.45) is 4.99 Å². The van der Waals surface area contributed by atoms with Crippen LogP contribution in [0.1, 0.15) is 67.5 Å². The van der Waals surface area contributed by atoms with E-state index in [0.29, 0.717) is 61.8 Å². The Bertz CT molecular complexity index is 2290. The topological polar surface area (TPSA) is 81.9 Å². The number of para-hydroxylation sites is 1. The minimum Gasteiger partial charge on any atom is -0.490 e. The van der Waals surface area contributed by atoms with Crippen LogP contribution in [-0.4, -0.2) is 17.1 Å². The van der Waals surface area contributed by atoms with E-state index in [1.807, 2.05) is 98.8 Å². The molecule has 2 heterocycles. The van der Waals surface area contributed by atoms with Crippen molar-refractivity contribution < 1.29 is 14.3 Å². The fourth-order valence-corrected chi connectivity index (χ4v) is 7.36. The SMILES string of the molecule is C=CCc1cc(/C=c2/sc3n(c2=O)[C@@H](c2ccc(C(C)C)cc2)C(C(=O)Nc2ccccc2)=C(C)N=3)cc(OCC)c1OCc1ccccc1Cl. The van der Waals surface area contributed by atoms with Gasteiger partial charge in [-0.15, -0.1) is 6.58 Å². The van der Waals surface area contributed by atoms with Gasteiger partial charge in [0.2, 0.25) is 0 Å². The van der Waals surface area contributed by atoms with Crippen molar-refractivity contribution in [1.82, 2.24) is 4.57 Å². The molecule has 6 rings (SSSR count). The Morgan fingerprint density at radius 2 is 1.75 bits per heavy atom. The van der Waals surface area contributed by atoms with Crippen LogP contribution in [0.2, 0.25) is 5.02 Å². The second kappa shape index (κ2) is 15.8. The number of nitrogens with one attached hydrogen (secondary N) is 1. The van der Waals surface area contributed by atoms with Crippen LogP contribution >= 0.6 is 22.9 Å². The first kappa shape index (κ1) is 35.6. The van der Waals surface area contributed by atoms with Gasteiger partial charge in [-0.25, -0.2) is 4.99 Å². The van der Waals surface area contributed by atoms with Crippen molar-refractivity contribution in [1.29, 1.82) is 0 Å². The number of hydrogen-bond donors (Lipinski definition) is 1. The third-order valence-electron chi connectivity index (χ3n) is 8.66. The minimum atomic E-state index is -0.677. The molecule has 5 aromatic rings. The summed E-state index contributed by atoms with van der Waals surface area (Å²) in [6.07, 6.45) is 4.17. The molecule has 0 bridgehead atoms. The first-order chi connectivity index (χ1) is 24.7. The summed E-state index contributed by atoms with van der Waals surface area (Å²) < 4.78 is 14.5. The molecule has 7 nitrogen and oxygen atoms in total. The molecule has 0 fully saturated rings. The van der Waals surface area contributed by atoms with Gasteiger partial charge in [0, 0.05) is 21.8 Å². The number of allylic oxidation sites excluding steroid dienone is 2. The van der Waals surface area contributed by atoms with Crippen molar-refractivity contribution in [2.75, 3.05) is 11.9 Å². The second-order valence-corrected chi connectivity index (χ2v) is 14.0. The molecule has 0 saturated heterocycles. The lowest BCUT2D eigenvalue weighted by Crippen LogP contribution is -2.40. The lowest BCUT2D eigenvalue weighted by molar-refractivity contribution is -0.113. The summed E-state index contributed by atoms with van der Waals surface area (Å²) in [5.41, 5.74) is 5.88. The van der Waals surface area contributed by atoms with E-state index in [2.05, 4.69) is 37.9 Å². The Hall–Kier alpha value is -5.18. The zero-order valence-corrected chi connectivity index (χ0v) is 30.7. The van der Waals surface area contributed by atoms with Gasteiger partial charge < -0.3 is 14.8 Å². The van der Waals surface area contributed by atoms with Crippen molar-refractivity contribution in [3.63, 3.8) is 0 Å². The number of rotatable bonds is 12. The molecule has 1 N–H and O–H groups in total. The van der Waals surface area contributed by atoms with Crippen LogP contribution in [0.15, 0.2) is 125 Å². The van der Waals surface area contributed by atoms with E-state index in [4.69, 9.17) is 26.1 Å². The van der Waals surface area contributed by atoms with Gasteiger partial charge in [-0.3, -0.25) is 14.2 Å². The predicted molar refractivity (Wildman–Crippen MR) is 207 cm³/mol. The number of hydrogen-bond acceptors (Lipinski definition) is 6. The molecule has 0 unspecified atom stereocenters. The first-order valence-electron chi connectivity index (χ1n) is 16.9. The number of aromatic nitrogens is 1. The van der Waals surface area contributed by atoms with Gasteiger partial charge in [0.15, 0.2) is 16.3 Å². The number of carbonyl (C=O) groups is 1. The van der Waals surface area contributed by atoms with Crippen LogP contribution in [-0.2, 0) is 17.8 Å². The van der Waals surface area contributed by atoms with E-state index in [-0.39, 0.29) is 18.1 Å². The highest BCUT2D eigenvalue weighted by Crippen LogP contribution is 2.36. The summed E-state index contributed by atoms with van der Waals surface area (Å²) in [4.78, 5) is 33.7. The van der Waals surface area contributed by atoms with Crippen LogP contribution in [0.5, 0.6) is 11.5 Å². The monoisotopic (exact) mass is 717 g/mol. The Kier molecular flexibility index (Phi) is 11.0. The molecule has 0 saturated carbocycles. The zero-order valence-electron chi connectivity index (χ0n) is 29.1. The predicted octanol–water partition coefficient (Wildman–Crippen LogP) is 8.36. The number of ether oxygens (including phenoxy) is 2. The molecule has 1 aromatic heterocycles. The van der Waals surface area contributed by atoms with Gasteiger partial charge in [0.1, 0.15) is 6.61 Å². The quantitative estimate of drug-likeness (QED) is 0.132. The van der Waals surface area contributed by atoms with Crippen LogP contribution in [0.4, 0.5) is 5.69 Å². The van der Waals surface area contributed by atoms with E-state index in [0.717, 1.165) is 22.3 Å². The standard InChI is InChI=1S/C42H40ClN3O4S/c1-6-13-31-22-28(23-35(49-7-2)39(31)50-25-32-14-11-12-17-34(32)43)24-36-41(48)46-38(30-20-18-29(19-21-30)26(3)4)37(27(5)44-42(46)51-36)40(47)45-33-15-9-8-10-16-33/h6,8-12,14-24,26,38H,1,7,13,25H2,2-5H3,(H,45,47)/b36-24+/t38-/m0/s1. The lowest BCUT2D eigenvalue weighted by atomic mass is 9.93. The average molecular weight is 718 g/mol. The lowest BCUT2D eigenvalue weighted by Gasteiger charge is -2.25. The molecule has 1 aliphatic rings. The highest BCUT2D eigenvalue weighted by Gasteiger charge is 2.32. The van der Waals surface area contributed by atoms with Gasteiger partial charge in [-0.1, -0.05) is 104 Å². The summed E-state index contributed by atoms with van der Waals surface area (Å²) in [6.45, 7) is 12.6. The highest BCUT2D eigenvalue weighted by molar-refractivity contribution is 7.07. The first-order valence-corrected chi connectivity index (χ1v) is 18.1. The number of thiazole rings is 1. The van der Waals surface area contributed by atoms with E-state index < -0.39 is 6.04 Å². The number of carbonyl (C=O) groups excluding carboxylic acids is 1. The molecule has 1 amide bonds. The number of nitrogens with zero attached hydrogens (tertiary/aromatic N) is 2. The van der Waals surface area contributed by atoms with Crippen LogP contribution < -0.4 is 29.7 Å². The minimum absolute atomic E-state index is 0.239. The zero-order chi connectivity index (χ0) is 36.1. The van der Waals surface area contributed by atoms with Crippen molar-refractivity contribution in [2.45, 2.75) is 52.7 Å². The molecule has 1 aliphatic heterocycles. The largest absolute Gasteiger partial charge is 0.490 e. The molecular formula is C42H40ClN3O4S. The van der Waals surface area contributed by atoms with Crippen LogP contribution in [0.3, 0.4) is 0 Å². The molecule has 4 aromatic carbocycles. The van der Waals surface area contributed by atoms with Gasteiger partial charge >= 0.3 is 0 Å². The van der Waals surface area contributed by atoms with E-state index in [1.54, 1.807) is 10.6 Å². The van der Waals surface area contributed by atoms with E-state index in [1.165, 1.54) is 16.9 Å². The van der Waals surface area contributed by atoms with Crippen molar-refractivity contribution in [3.8, 4) is 11.5 Å². The van der Waals surface area contributed by atoms with Crippen molar-refractivity contribution in [3.05, 3.63) is 167 Å². The number of anilines is 1. The van der Waals surface area contributed by atoms with Gasteiger partial charge in [-0.05, 0) is 79.3 Å². The maximum absolute atomic E-state index is 14.4. The molecule has 1 atom stereocenters. The molecule has 51 heavy (non-hydrogen) atoms.